The fraction of sp³-hybridized carbons (Fsp3) is 0.571. The molecular weight excluding hydrogens is 256 g/mol. The standard InChI is InChI=1S/C14H20N4O2/c1-9-10(2)20-14(12(9)6-16)17-13(19)8-18-4-3-11(5-15)7-18/h11H,3-5,7-8,15H2,1-2H3,(H,17,19). The predicted molar refractivity (Wildman–Crippen MR) is 75.1 cm³/mol. The number of nitriles is 1. The molecule has 1 aromatic rings. The molecule has 0 aromatic carbocycles. The van der Waals surface area contributed by atoms with E-state index in [0.717, 1.165) is 25.1 Å². The SMILES string of the molecule is Cc1oc(NC(=O)CN2CCC(CN)C2)c(C#N)c1C. The summed E-state index contributed by atoms with van der Waals surface area (Å²) in [4.78, 5) is 14.1. The summed E-state index contributed by atoms with van der Waals surface area (Å²) in [6.07, 6.45) is 1.03. The van der Waals surface area contributed by atoms with Crippen LogP contribution in [0.5, 0.6) is 0 Å². The van der Waals surface area contributed by atoms with E-state index in [9.17, 15) is 4.79 Å². The first-order chi connectivity index (χ1) is 9.55. The molecule has 0 aliphatic carbocycles. The van der Waals surface area contributed by atoms with E-state index in [0.29, 0.717) is 30.3 Å². The van der Waals surface area contributed by atoms with Gasteiger partial charge in [-0.05, 0) is 39.3 Å². The summed E-state index contributed by atoms with van der Waals surface area (Å²) in [5.74, 6) is 1.22. The fourth-order valence-corrected chi connectivity index (χ4v) is 2.47. The van der Waals surface area contributed by atoms with Gasteiger partial charge in [0.05, 0.1) is 6.54 Å². The lowest BCUT2D eigenvalue weighted by Gasteiger charge is -2.14. The second-order valence-corrected chi connectivity index (χ2v) is 5.27. The number of carbonyl (C=O) groups excluding carboxylic acids is 1. The van der Waals surface area contributed by atoms with E-state index in [2.05, 4.69) is 16.3 Å². The number of anilines is 1. The van der Waals surface area contributed by atoms with Crippen molar-refractivity contribution in [1.82, 2.24) is 4.90 Å². The number of hydrogen-bond acceptors (Lipinski definition) is 5. The van der Waals surface area contributed by atoms with E-state index < -0.39 is 0 Å². The lowest BCUT2D eigenvalue weighted by atomic mass is 10.1. The largest absolute Gasteiger partial charge is 0.444 e. The molecule has 0 spiro atoms. The van der Waals surface area contributed by atoms with E-state index in [1.807, 2.05) is 0 Å². The Balaban J connectivity index is 1.96. The molecule has 3 N–H and O–H groups in total. The van der Waals surface area contributed by atoms with E-state index >= 15 is 0 Å². The molecule has 2 rings (SSSR count). The zero-order valence-corrected chi connectivity index (χ0v) is 11.9. The van der Waals surface area contributed by atoms with Gasteiger partial charge in [-0.2, -0.15) is 5.26 Å². The third kappa shape index (κ3) is 3.00. The Kier molecular flexibility index (Phi) is 4.42. The van der Waals surface area contributed by atoms with Gasteiger partial charge in [0.2, 0.25) is 11.8 Å². The highest BCUT2D eigenvalue weighted by Crippen LogP contribution is 2.25. The lowest BCUT2D eigenvalue weighted by molar-refractivity contribution is -0.117. The number of likely N-dealkylation sites (tertiary alicyclic amines) is 1. The number of carbonyl (C=O) groups is 1. The zero-order valence-electron chi connectivity index (χ0n) is 11.9. The summed E-state index contributed by atoms with van der Waals surface area (Å²) in [5, 5.41) is 11.8. The summed E-state index contributed by atoms with van der Waals surface area (Å²) in [6, 6.07) is 2.06. The molecule has 0 saturated carbocycles. The number of amides is 1. The minimum atomic E-state index is -0.159. The van der Waals surface area contributed by atoms with Gasteiger partial charge in [-0.1, -0.05) is 0 Å². The Morgan fingerprint density at radius 1 is 1.60 bits per heavy atom. The lowest BCUT2D eigenvalue weighted by Crippen LogP contribution is -2.32. The van der Waals surface area contributed by atoms with E-state index in [4.69, 9.17) is 15.4 Å². The molecule has 1 unspecified atom stereocenters. The summed E-state index contributed by atoms with van der Waals surface area (Å²) < 4.78 is 5.42. The van der Waals surface area contributed by atoms with Crippen molar-refractivity contribution in [2.45, 2.75) is 20.3 Å². The van der Waals surface area contributed by atoms with Crippen molar-refractivity contribution in [3.8, 4) is 6.07 Å². The molecule has 108 valence electrons. The smallest absolute Gasteiger partial charge is 0.240 e. The van der Waals surface area contributed by atoms with Crippen LogP contribution in [0.3, 0.4) is 0 Å². The van der Waals surface area contributed by atoms with Crippen molar-refractivity contribution in [2.75, 3.05) is 31.5 Å². The molecule has 1 amide bonds. The van der Waals surface area contributed by atoms with Gasteiger partial charge in [0.15, 0.2) is 0 Å². The minimum Gasteiger partial charge on any atom is -0.444 e. The van der Waals surface area contributed by atoms with Gasteiger partial charge >= 0.3 is 0 Å². The summed E-state index contributed by atoms with van der Waals surface area (Å²) in [7, 11) is 0. The molecule has 0 radical (unpaired) electrons. The number of nitrogens with zero attached hydrogens (tertiary/aromatic N) is 2. The molecule has 1 aliphatic rings. The normalized spacial score (nSPS) is 19.0. The topological polar surface area (TPSA) is 95.3 Å². The number of hydrogen-bond donors (Lipinski definition) is 2. The van der Waals surface area contributed by atoms with Crippen LogP contribution in [-0.2, 0) is 4.79 Å². The third-order valence-electron chi connectivity index (χ3n) is 3.82. The second-order valence-electron chi connectivity index (χ2n) is 5.27. The summed E-state index contributed by atoms with van der Waals surface area (Å²) in [6.45, 7) is 6.28. The van der Waals surface area contributed by atoms with Gasteiger partial charge < -0.3 is 10.2 Å². The highest BCUT2D eigenvalue weighted by atomic mass is 16.4. The number of furan rings is 1. The van der Waals surface area contributed by atoms with Crippen LogP contribution in [0.4, 0.5) is 5.88 Å². The average Bonchev–Trinajstić information content (AvgIpc) is 2.95. The molecule has 1 atom stereocenters. The van der Waals surface area contributed by atoms with E-state index in [1.165, 1.54) is 0 Å². The molecule has 1 aliphatic heterocycles. The van der Waals surface area contributed by atoms with Gasteiger partial charge in [-0.15, -0.1) is 0 Å². The molecule has 1 aromatic heterocycles. The zero-order chi connectivity index (χ0) is 14.7. The molecule has 6 heteroatoms. The molecule has 1 saturated heterocycles. The Labute approximate surface area is 118 Å². The first-order valence-electron chi connectivity index (χ1n) is 6.77. The Morgan fingerprint density at radius 3 is 2.95 bits per heavy atom. The quantitative estimate of drug-likeness (QED) is 0.855. The summed E-state index contributed by atoms with van der Waals surface area (Å²) >= 11 is 0. The van der Waals surface area contributed by atoms with Crippen molar-refractivity contribution in [3.05, 3.63) is 16.9 Å². The van der Waals surface area contributed by atoms with Gasteiger partial charge in [0, 0.05) is 12.1 Å². The predicted octanol–water partition coefficient (Wildman–Crippen LogP) is 0.987. The van der Waals surface area contributed by atoms with Crippen LogP contribution in [0, 0.1) is 31.1 Å². The number of rotatable bonds is 4. The minimum absolute atomic E-state index is 0.159. The Hall–Kier alpha value is -1.84. The molecule has 20 heavy (non-hydrogen) atoms. The second kappa shape index (κ2) is 6.07. The fourth-order valence-electron chi connectivity index (χ4n) is 2.47. The van der Waals surface area contributed by atoms with Gasteiger partial charge in [0.1, 0.15) is 17.4 Å². The maximum absolute atomic E-state index is 12.0. The number of nitrogens with two attached hydrogens (primary N) is 1. The van der Waals surface area contributed by atoms with Crippen LogP contribution in [-0.4, -0.2) is 37.0 Å². The highest BCUT2D eigenvalue weighted by molar-refractivity contribution is 5.92. The van der Waals surface area contributed by atoms with Crippen LogP contribution in [0.15, 0.2) is 4.42 Å². The van der Waals surface area contributed by atoms with Crippen LogP contribution in [0.25, 0.3) is 0 Å². The molecular formula is C14H20N4O2. The monoisotopic (exact) mass is 276 g/mol. The van der Waals surface area contributed by atoms with Gasteiger partial charge in [0.25, 0.3) is 0 Å². The van der Waals surface area contributed by atoms with Crippen molar-refractivity contribution >= 4 is 11.8 Å². The summed E-state index contributed by atoms with van der Waals surface area (Å²) in [5.41, 5.74) is 6.80. The van der Waals surface area contributed by atoms with Crippen molar-refractivity contribution in [1.29, 1.82) is 5.26 Å². The van der Waals surface area contributed by atoms with E-state index in [-0.39, 0.29) is 11.8 Å². The van der Waals surface area contributed by atoms with Crippen LogP contribution in [0.2, 0.25) is 0 Å². The van der Waals surface area contributed by atoms with Crippen molar-refractivity contribution in [2.24, 2.45) is 11.7 Å². The maximum atomic E-state index is 12.0. The molecule has 2 heterocycles. The first kappa shape index (κ1) is 14.6. The third-order valence-corrected chi connectivity index (χ3v) is 3.82. The van der Waals surface area contributed by atoms with Crippen molar-refractivity contribution in [3.63, 3.8) is 0 Å². The Morgan fingerprint density at radius 2 is 2.35 bits per heavy atom. The van der Waals surface area contributed by atoms with Crippen LogP contribution >= 0.6 is 0 Å². The van der Waals surface area contributed by atoms with Gasteiger partial charge in [-0.25, -0.2) is 0 Å². The molecule has 6 nitrogen and oxygen atoms in total. The van der Waals surface area contributed by atoms with Gasteiger partial charge in [-0.3, -0.25) is 15.0 Å². The number of nitrogens with one attached hydrogen (secondary N) is 1. The van der Waals surface area contributed by atoms with E-state index in [1.54, 1.807) is 13.8 Å². The van der Waals surface area contributed by atoms with Crippen molar-refractivity contribution < 1.29 is 9.21 Å². The molecule has 0 bridgehead atoms. The average molecular weight is 276 g/mol. The first-order valence-corrected chi connectivity index (χ1v) is 6.77. The van der Waals surface area contributed by atoms with Crippen LogP contribution < -0.4 is 11.1 Å². The highest BCUT2D eigenvalue weighted by Gasteiger charge is 2.24. The number of aryl methyl sites for hydroxylation is 1. The molecule has 1 fully saturated rings. The maximum Gasteiger partial charge on any atom is 0.240 e. The Bertz CT molecular complexity index is 544. The van der Waals surface area contributed by atoms with Crippen LogP contribution in [0.1, 0.15) is 23.3 Å².